The predicted molar refractivity (Wildman–Crippen MR) is 87.8 cm³/mol. The van der Waals surface area contributed by atoms with E-state index in [1.807, 2.05) is 0 Å². The van der Waals surface area contributed by atoms with Crippen molar-refractivity contribution < 1.29 is 27.8 Å². The van der Waals surface area contributed by atoms with Crippen LogP contribution in [0.4, 0.5) is 13.2 Å². The van der Waals surface area contributed by atoms with Gasteiger partial charge >= 0.3 is 12.1 Å². The lowest BCUT2D eigenvalue weighted by Gasteiger charge is -2.29. The predicted octanol–water partition coefficient (Wildman–Crippen LogP) is 4.11. The maximum Gasteiger partial charge on any atom is 0.490 e. The van der Waals surface area contributed by atoms with Crippen molar-refractivity contribution in [2.45, 2.75) is 69.8 Å². The van der Waals surface area contributed by atoms with Gasteiger partial charge in [-0.25, -0.2) is 4.79 Å². The first-order valence-electron chi connectivity index (χ1n) is 8.48. The lowest BCUT2D eigenvalue weighted by molar-refractivity contribution is -0.192. The third-order valence-corrected chi connectivity index (χ3v) is 4.52. The number of carboxylic acids is 1. The highest BCUT2D eigenvalue weighted by molar-refractivity contribution is 5.73. The number of hydrogen-bond donors (Lipinski definition) is 2. The van der Waals surface area contributed by atoms with Crippen LogP contribution in [0.1, 0.15) is 51.0 Å². The van der Waals surface area contributed by atoms with Crippen LogP contribution in [0.2, 0.25) is 0 Å². The first-order valence-corrected chi connectivity index (χ1v) is 8.48. The first-order chi connectivity index (χ1) is 11.6. The Hall–Kier alpha value is -1.76. The molecular weight excluding hydrogens is 335 g/mol. The summed E-state index contributed by atoms with van der Waals surface area (Å²) in [7, 11) is 0. The van der Waals surface area contributed by atoms with Crippen LogP contribution in [0.5, 0.6) is 5.75 Å². The van der Waals surface area contributed by atoms with Crippen molar-refractivity contribution in [3.63, 3.8) is 0 Å². The van der Waals surface area contributed by atoms with E-state index in [1.165, 1.54) is 31.2 Å². The molecule has 25 heavy (non-hydrogen) atoms. The molecular formula is C18H24F3NO3. The van der Waals surface area contributed by atoms with E-state index in [4.69, 9.17) is 14.6 Å². The van der Waals surface area contributed by atoms with Crippen LogP contribution in [0.15, 0.2) is 24.3 Å². The third kappa shape index (κ3) is 5.92. The van der Waals surface area contributed by atoms with E-state index >= 15 is 0 Å². The number of rotatable bonds is 3. The minimum Gasteiger partial charge on any atom is -0.490 e. The molecule has 3 rings (SSSR count). The van der Waals surface area contributed by atoms with Crippen LogP contribution in [0.3, 0.4) is 0 Å². The summed E-state index contributed by atoms with van der Waals surface area (Å²) in [6.45, 7) is 4.45. The van der Waals surface area contributed by atoms with Crippen molar-refractivity contribution in [1.29, 1.82) is 0 Å². The zero-order chi connectivity index (χ0) is 18.6. The number of halogens is 3. The van der Waals surface area contributed by atoms with Gasteiger partial charge in [0.25, 0.3) is 0 Å². The Morgan fingerprint density at radius 2 is 1.64 bits per heavy atom. The average Bonchev–Trinajstić information content (AvgIpc) is 2.86. The van der Waals surface area contributed by atoms with E-state index < -0.39 is 12.1 Å². The molecule has 2 aliphatic rings. The van der Waals surface area contributed by atoms with Crippen LogP contribution in [0.25, 0.3) is 0 Å². The van der Waals surface area contributed by atoms with Gasteiger partial charge in [0.1, 0.15) is 11.9 Å². The fourth-order valence-electron chi connectivity index (χ4n) is 3.23. The molecule has 0 spiro atoms. The minimum absolute atomic E-state index is 0.411. The molecule has 2 fully saturated rings. The van der Waals surface area contributed by atoms with Gasteiger partial charge in [-0.1, -0.05) is 26.0 Å². The van der Waals surface area contributed by atoms with Gasteiger partial charge in [-0.2, -0.15) is 13.2 Å². The molecule has 0 aliphatic carbocycles. The van der Waals surface area contributed by atoms with Crippen LogP contribution < -0.4 is 10.1 Å². The quantitative estimate of drug-likeness (QED) is 0.853. The van der Waals surface area contributed by atoms with Crippen LogP contribution >= 0.6 is 0 Å². The number of alkyl halides is 3. The molecule has 0 saturated carbocycles. The Kier molecular flexibility index (Phi) is 6.32. The fraction of sp³-hybridized carbons (Fsp3) is 0.611. The number of hydrogen-bond acceptors (Lipinski definition) is 3. The third-order valence-electron chi connectivity index (χ3n) is 4.52. The molecule has 2 heterocycles. The molecule has 4 nitrogen and oxygen atoms in total. The summed E-state index contributed by atoms with van der Waals surface area (Å²) in [5.74, 6) is -1.13. The highest BCUT2D eigenvalue weighted by Crippen LogP contribution is 2.30. The Morgan fingerprint density at radius 1 is 1.16 bits per heavy atom. The minimum atomic E-state index is -5.08. The molecule has 0 radical (unpaired) electrons. The number of piperidine rings is 1. The Balaban J connectivity index is 0.000000277. The monoisotopic (exact) mass is 359 g/mol. The number of carbonyl (C=O) groups is 1. The lowest BCUT2D eigenvalue weighted by atomic mass is 10.0. The van der Waals surface area contributed by atoms with Gasteiger partial charge in [-0.05, 0) is 49.3 Å². The van der Waals surface area contributed by atoms with Gasteiger partial charge in [0.15, 0.2) is 0 Å². The summed E-state index contributed by atoms with van der Waals surface area (Å²) in [5.41, 5.74) is 1.38. The summed E-state index contributed by atoms with van der Waals surface area (Å²) >= 11 is 0. The highest BCUT2D eigenvalue weighted by Gasteiger charge is 2.38. The summed E-state index contributed by atoms with van der Waals surface area (Å²) in [6.07, 6.45) is 0.326. The van der Waals surface area contributed by atoms with Gasteiger partial charge in [0.05, 0.1) is 0 Å². The van der Waals surface area contributed by atoms with E-state index in [-0.39, 0.29) is 0 Å². The average molecular weight is 359 g/mol. The smallest absolute Gasteiger partial charge is 0.490 e. The zero-order valence-corrected chi connectivity index (χ0v) is 14.3. The molecule has 140 valence electrons. The standard InChI is InChI=1S/C16H23NO.C2HF3O2/c1-11(2)12-3-7-15(8-4-12)18-16-9-13-5-6-14(10-16)17-13;3-2(4,5)1(6)7/h3-4,7-8,11,13-14,16-17H,5-6,9-10H2,1-2H3;(H,6,7)/t13-,14+,16-;. The van der Waals surface area contributed by atoms with Gasteiger partial charge in [-0.3, -0.25) is 0 Å². The molecule has 2 saturated heterocycles. The summed E-state index contributed by atoms with van der Waals surface area (Å²) in [4.78, 5) is 8.90. The second kappa shape index (κ2) is 8.08. The molecule has 2 N–H and O–H groups in total. The number of carboxylic acid groups (broad SMARTS) is 1. The van der Waals surface area contributed by atoms with E-state index in [9.17, 15) is 13.2 Å². The Bertz CT molecular complexity index is 560. The van der Waals surface area contributed by atoms with Crippen LogP contribution in [0, 0.1) is 0 Å². The van der Waals surface area contributed by atoms with Crippen molar-refractivity contribution in [2.24, 2.45) is 0 Å². The normalized spacial score (nSPS) is 25.3. The first kappa shape index (κ1) is 19.6. The largest absolute Gasteiger partial charge is 0.490 e. The summed E-state index contributed by atoms with van der Waals surface area (Å²) in [6, 6.07) is 10.0. The molecule has 2 bridgehead atoms. The second-order valence-corrected chi connectivity index (χ2v) is 6.88. The van der Waals surface area contributed by atoms with Gasteiger partial charge < -0.3 is 15.2 Å². The summed E-state index contributed by atoms with van der Waals surface area (Å²) in [5, 5.41) is 10.8. The molecule has 0 unspecified atom stereocenters. The maximum absolute atomic E-state index is 10.6. The van der Waals surface area contributed by atoms with Crippen LogP contribution in [-0.2, 0) is 4.79 Å². The fourth-order valence-corrected chi connectivity index (χ4v) is 3.23. The molecule has 3 atom stereocenters. The SMILES string of the molecule is CC(C)c1ccc(O[C@@H]2C[C@H]3CC[C@@H](C2)N3)cc1.O=C(O)C(F)(F)F. The Morgan fingerprint density at radius 3 is 2.04 bits per heavy atom. The second-order valence-electron chi connectivity index (χ2n) is 6.88. The van der Waals surface area contributed by atoms with Crippen molar-refractivity contribution in [1.82, 2.24) is 5.32 Å². The highest BCUT2D eigenvalue weighted by atomic mass is 19.4. The van der Waals surface area contributed by atoms with E-state index in [0.717, 1.165) is 5.75 Å². The van der Waals surface area contributed by atoms with Crippen LogP contribution in [-0.4, -0.2) is 35.4 Å². The van der Waals surface area contributed by atoms with E-state index in [2.05, 4.69) is 43.4 Å². The van der Waals surface area contributed by atoms with Crippen molar-refractivity contribution in [3.8, 4) is 5.75 Å². The maximum atomic E-state index is 10.6. The van der Waals surface area contributed by atoms with Crippen molar-refractivity contribution >= 4 is 5.97 Å². The van der Waals surface area contributed by atoms with Gasteiger partial charge in [0.2, 0.25) is 0 Å². The van der Waals surface area contributed by atoms with Gasteiger partial charge in [0, 0.05) is 12.1 Å². The van der Waals surface area contributed by atoms with Crippen molar-refractivity contribution in [3.05, 3.63) is 29.8 Å². The number of benzene rings is 1. The van der Waals surface area contributed by atoms with Gasteiger partial charge in [-0.15, -0.1) is 0 Å². The van der Waals surface area contributed by atoms with E-state index in [1.54, 1.807) is 0 Å². The summed E-state index contributed by atoms with van der Waals surface area (Å²) < 4.78 is 37.9. The van der Waals surface area contributed by atoms with E-state index in [0.29, 0.717) is 24.1 Å². The number of nitrogens with one attached hydrogen (secondary N) is 1. The number of aliphatic carboxylic acids is 1. The number of fused-ring (bicyclic) bond motifs is 2. The zero-order valence-electron chi connectivity index (χ0n) is 14.3. The molecule has 2 aliphatic heterocycles. The molecule has 0 amide bonds. The molecule has 7 heteroatoms. The number of ether oxygens (including phenoxy) is 1. The van der Waals surface area contributed by atoms with Crippen molar-refractivity contribution in [2.75, 3.05) is 0 Å². The molecule has 1 aromatic rings. The molecule has 0 aromatic heterocycles. The molecule has 1 aromatic carbocycles. The topological polar surface area (TPSA) is 58.6 Å². The lowest BCUT2D eigenvalue weighted by Crippen LogP contribution is -2.42. The Labute approximate surface area is 145 Å².